The quantitative estimate of drug-likeness (QED) is 0.682. The molecule has 0 saturated carbocycles. The van der Waals surface area contributed by atoms with Crippen LogP contribution in [0.3, 0.4) is 0 Å². The van der Waals surface area contributed by atoms with Crippen molar-refractivity contribution >= 4 is 5.91 Å². The summed E-state index contributed by atoms with van der Waals surface area (Å²) in [5.41, 5.74) is 1.98. The molecular weight excluding hydrogens is 361 g/mol. The summed E-state index contributed by atoms with van der Waals surface area (Å²) in [6.07, 6.45) is 0.147. The molecule has 2 aromatic carbocycles. The average Bonchev–Trinajstić information content (AvgIpc) is 2.71. The molecular formula is C21H20FN3O3. The van der Waals surface area contributed by atoms with E-state index in [1.165, 1.54) is 22.9 Å². The number of halogens is 1. The SMILES string of the molecule is COc1ccc(-c2ccc(=O)n(CCNC(=O)Cc3ccc(F)cc3)n2)cc1. The predicted octanol–water partition coefficient (Wildman–Crippen LogP) is 2.42. The molecule has 0 radical (unpaired) electrons. The second-order valence-corrected chi connectivity index (χ2v) is 6.16. The Balaban J connectivity index is 1.59. The number of nitrogens with one attached hydrogen (secondary N) is 1. The Morgan fingerprint density at radius 3 is 2.46 bits per heavy atom. The van der Waals surface area contributed by atoms with Gasteiger partial charge in [-0.2, -0.15) is 5.10 Å². The molecule has 1 aromatic heterocycles. The van der Waals surface area contributed by atoms with Crippen LogP contribution >= 0.6 is 0 Å². The van der Waals surface area contributed by atoms with Crippen LogP contribution in [0, 0.1) is 5.82 Å². The van der Waals surface area contributed by atoms with Crippen LogP contribution in [-0.2, 0) is 17.8 Å². The number of hydrogen-bond acceptors (Lipinski definition) is 4. The minimum Gasteiger partial charge on any atom is -0.497 e. The Hall–Kier alpha value is -3.48. The van der Waals surface area contributed by atoms with E-state index in [-0.39, 0.29) is 36.8 Å². The normalized spacial score (nSPS) is 10.5. The van der Waals surface area contributed by atoms with Gasteiger partial charge < -0.3 is 10.1 Å². The van der Waals surface area contributed by atoms with Gasteiger partial charge >= 0.3 is 0 Å². The first-order valence-corrected chi connectivity index (χ1v) is 8.79. The van der Waals surface area contributed by atoms with Crippen LogP contribution in [0.4, 0.5) is 4.39 Å². The van der Waals surface area contributed by atoms with Gasteiger partial charge in [0, 0.05) is 18.2 Å². The molecule has 1 N–H and O–H groups in total. The maximum Gasteiger partial charge on any atom is 0.266 e. The fourth-order valence-corrected chi connectivity index (χ4v) is 2.68. The molecule has 0 atom stereocenters. The van der Waals surface area contributed by atoms with Gasteiger partial charge in [-0.3, -0.25) is 9.59 Å². The van der Waals surface area contributed by atoms with Crippen molar-refractivity contribution in [2.75, 3.05) is 13.7 Å². The Morgan fingerprint density at radius 1 is 1.07 bits per heavy atom. The van der Waals surface area contributed by atoms with E-state index >= 15 is 0 Å². The second kappa shape index (κ2) is 8.94. The number of aromatic nitrogens is 2. The predicted molar refractivity (Wildman–Crippen MR) is 104 cm³/mol. The van der Waals surface area contributed by atoms with E-state index in [1.54, 1.807) is 25.3 Å². The molecule has 3 aromatic rings. The molecule has 0 aliphatic rings. The number of amides is 1. The molecule has 28 heavy (non-hydrogen) atoms. The standard InChI is InChI=1S/C21H20FN3O3/c1-28-18-8-4-16(5-9-18)19-10-11-21(27)25(24-19)13-12-23-20(26)14-15-2-6-17(22)7-3-15/h2-11H,12-14H2,1H3,(H,23,26). The van der Waals surface area contributed by atoms with Crippen LogP contribution < -0.4 is 15.6 Å². The van der Waals surface area contributed by atoms with Crippen molar-refractivity contribution in [3.8, 4) is 17.0 Å². The molecule has 6 nitrogen and oxygen atoms in total. The lowest BCUT2D eigenvalue weighted by atomic mass is 10.1. The van der Waals surface area contributed by atoms with Crippen LogP contribution in [0.5, 0.6) is 5.75 Å². The first kappa shape index (κ1) is 19.3. The molecule has 0 unspecified atom stereocenters. The van der Waals surface area contributed by atoms with Gasteiger partial charge in [-0.1, -0.05) is 12.1 Å². The van der Waals surface area contributed by atoms with E-state index in [9.17, 15) is 14.0 Å². The van der Waals surface area contributed by atoms with Crippen LogP contribution in [0.25, 0.3) is 11.3 Å². The zero-order valence-corrected chi connectivity index (χ0v) is 15.4. The van der Waals surface area contributed by atoms with Gasteiger partial charge in [0.2, 0.25) is 5.91 Å². The highest BCUT2D eigenvalue weighted by atomic mass is 19.1. The number of nitrogens with zero attached hydrogens (tertiary/aromatic N) is 2. The summed E-state index contributed by atoms with van der Waals surface area (Å²) in [6.45, 7) is 0.511. The van der Waals surface area contributed by atoms with E-state index < -0.39 is 0 Å². The van der Waals surface area contributed by atoms with Gasteiger partial charge in [-0.05, 0) is 48.0 Å². The van der Waals surface area contributed by atoms with E-state index in [1.807, 2.05) is 24.3 Å². The van der Waals surface area contributed by atoms with E-state index in [2.05, 4.69) is 10.4 Å². The van der Waals surface area contributed by atoms with Gasteiger partial charge in [0.1, 0.15) is 11.6 Å². The summed E-state index contributed by atoms with van der Waals surface area (Å²) in [5.74, 6) is 0.193. The van der Waals surface area contributed by atoms with Crippen molar-refractivity contribution in [1.29, 1.82) is 0 Å². The maximum absolute atomic E-state index is 12.9. The summed E-state index contributed by atoms with van der Waals surface area (Å²) in [7, 11) is 1.60. The minimum absolute atomic E-state index is 0.147. The molecule has 1 amide bonds. The highest BCUT2D eigenvalue weighted by Crippen LogP contribution is 2.19. The summed E-state index contributed by atoms with van der Waals surface area (Å²) >= 11 is 0. The van der Waals surface area contributed by atoms with Crippen molar-refractivity contribution in [3.05, 3.63) is 82.4 Å². The molecule has 0 fully saturated rings. The van der Waals surface area contributed by atoms with Crippen molar-refractivity contribution in [3.63, 3.8) is 0 Å². The summed E-state index contributed by atoms with van der Waals surface area (Å²) in [5, 5.41) is 7.11. The zero-order valence-electron chi connectivity index (χ0n) is 15.4. The first-order chi connectivity index (χ1) is 13.5. The number of ether oxygens (including phenoxy) is 1. The summed E-state index contributed by atoms with van der Waals surface area (Å²) in [6, 6.07) is 16.2. The molecule has 3 rings (SSSR count). The number of benzene rings is 2. The molecule has 0 bridgehead atoms. The number of rotatable bonds is 7. The lowest BCUT2D eigenvalue weighted by Crippen LogP contribution is -2.32. The van der Waals surface area contributed by atoms with Crippen molar-refractivity contribution in [1.82, 2.24) is 15.1 Å². The molecule has 144 valence electrons. The molecule has 0 aliphatic heterocycles. The van der Waals surface area contributed by atoms with Gasteiger partial charge in [-0.15, -0.1) is 0 Å². The van der Waals surface area contributed by atoms with Gasteiger partial charge in [0.05, 0.1) is 25.8 Å². The average molecular weight is 381 g/mol. The zero-order chi connectivity index (χ0) is 19.9. The largest absolute Gasteiger partial charge is 0.497 e. The van der Waals surface area contributed by atoms with Crippen LogP contribution in [0.2, 0.25) is 0 Å². The van der Waals surface area contributed by atoms with Gasteiger partial charge in [-0.25, -0.2) is 9.07 Å². The monoisotopic (exact) mass is 381 g/mol. The fourth-order valence-electron chi connectivity index (χ4n) is 2.68. The third kappa shape index (κ3) is 5.03. The van der Waals surface area contributed by atoms with Crippen LogP contribution in [0.1, 0.15) is 5.56 Å². The molecule has 7 heteroatoms. The highest BCUT2D eigenvalue weighted by Gasteiger charge is 2.06. The number of carbonyl (C=O) groups is 1. The van der Waals surface area contributed by atoms with Crippen LogP contribution in [0.15, 0.2) is 65.5 Å². The topological polar surface area (TPSA) is 73.2 Å². The number of carbonyl (C=O) groups excluding carboxylic acids is 1. The van der Waals surface area contributed by atoms with Crippen molar-refractivity contribution in [2.45, 2.75) is 13.0 Å². The minimum atomic E-state index is -0.341. The Morgan fingerprint density at radius 2 is 1.79 bits per heavy atom. The third-order valence-corrected chi connectivity index (χ3v) is 4.18. The molecule has 1 heterocycles. The Kier molecular flexibility index (Phi) is 6.16. The summed E-state index contributed by atoms with van der Waals surface area (Å²) < 4.78 is 19.4. The van der Waals surface area contributed by atoms with Crippen molar-refractivity contribution < 1.29 is 13.9 Å². The molecule has 0 spiro atoms. The molecule has 0 aliphatic carbocycles. The summed E-state index contributed by atoms with van der Waals surface area (Å²) in [4.78, 5) is 24.0. The Labute approximate surface area is 161 Å². The Bertz CT molecular complexity index is 999. The van der Waals surface area contributed by atoms with E-state index in [0.29, 0.717) is 5.69 Å². The lowest BCUT2D eigenvalue weighted by molar-refractivity contribution is -0.120. The van der Waals surface area contributed by atoms with Crippen molar-refractivity contribution in [2.24, 2.45) is 0 Å². The maximum atomic E-state index is 12.9. The smallest absolute Gasteiger partial charge is 0.266 e. The van der Waals surface area contributed by atoms with E-state index in [0.717, 1.165) is 16.9 Å². The van der Waals surface area contributed by atoms with Gasteiger partial charge in [0.15, 0.2) is 0 Å². The number of hydrogen-bond donors (Lipinski definition) is 1. The second-order valence-electron chi connectivity index (χ2n) is 6.16. The molecule has 0 saturated heterocycles. The van der Waals surface area contributed by atoms with Gasteiger partial charge in [0.25, 0.3) is 5.56 Å². The highest BCUT2D eigenvalue weighted by molar-refractivity contribution is 5.78. The fraction of sp³-hybridized carbons (Fsp3) is 0.190. The lowest BCUT2D eigenvalue weighted by Gasteiger charge is -2.09. The van der Waals surface area contributed by atoms with Crippen LogP contribution in [-0.4, -0.2) is 29.3 Å². The van der Waals surface area contributed by atoms with E-state index in [4.69, 9.17) is 4.74 Å². The number of methoxy groups -OCH3 is 1. The third-order valence-electron chi connectivity index (χ3n) is 4.18. The first-order valence-electron chi connectivity index (χ1n) is 8.79.